The summed E-state index contributed by atoms with van der Waals surface area (Å²) in [5, 5.41) is 12.7. The van der Waals surface area contributed by atoms with Crippen molar-refractivity contribution in [2.24, 2.45) is 0 Å². The van der Waals surface area contributed by atoms with Crippen molar-refractivity contribution >= 4 is 11.7 Å². The van der Waals surface area contributed by atoms with E-state index in [0.717, 1.165) is 22.7 Å². The molecule has 20 heavy (non-hydrogen) atoms. The monoisotopic (exact) mass is 274 g/mol. The standard InChI is InChI=1S/C15H18N2O3/c1-11-5-3-4-6-14(11)17(8-7-15(18)19)10-13-9-12(2)16-20-13/h3-6,9H,7-8,10H2,1-2H3,(H,18,19). The number of anilines is 1. The largest absolute Gasteiger partial charge is 0.481 e. The lowest BCUT2D eigenvalue weighted by atomic mass is 10.1. The van der Waals surface area contributed by atoms with Crippen molar-refractivity contribution < 1.29 is 14.4 Å². The second kappa shape index (κ2) is 6.23. The summed E-state index contributed by atoms with van der Waals surface area (Å²) in [6.45, 7) is 4.82. The maximum absolute atomic E-state index is 10.8. The molecule has 0 aliphatic carbocycles. The van der Waals surface area contributed by atoms with Gasteiger partial charge in [0.25, 0.3) is 0 Å². The molecule has 0 fully saturated rings. The number of hydrogen-bond donors (Lipinski definition) is 1. The minimum atomic E-state index is -0.808. The zero-order valence-corrected chi connectivity index (χ0v) is 11.7. The molecule has 0 aliphatic heterocycles. The van der Waals surface area contributed by atoms with Crippen molar-refractivity contribution in [3.05, 3.63) is 47.3 Å². The average molecular weight is 274 g/mol. The van der Waals surface area contributed by atoms with Crippen molar-refractivity contribution in [3.8, 4) is 0 Å². The lowest BCUT2D eigenvalue weighted by molar-refractivity contribution is -0.136. The quantitative estimate of drug-likeness (QED) is 0.877. The highest BCUT2D eigenvalue weighted by molar-refractivity contribution is 5.68. The maximum atomic E-state index is 10.8. The summed E-state index contributed by atoms with van der Waals surface area (Å²) < 4.78 is 5.22. The molecule has 1 heterocycles. The molecular formula is C15H18N2O3. The Labute approximate surface area is 117 Å². The summed E-state index contributed by atoms with van der Waals surface area (Å²) in [7, 11) is 0. The zero-order valence-electron chi connectivity index (χ0n) is 11.7. The van der Waals surface area contributed by atoms with Crippen molar-refractivity contribution in [1.82, 2.24) is 5.16 Å². The number of aliphatic carboxylic acids is 1. The van der Waals surface area contributed by atoms with Gasteiger partial charge < -0.3 is 14.5 Å². The van der Waals surface area contributed by atoms with Crippen molar-refractivity contribution in [2.45, 2.75) is 26.8 Å². The summed E-state index contributed by atoms with van der Waals surface area (Å²) in [5.74, 6) is -0.0755. The highest BCUT2D eigenvalue weighted by Gasteiger charge is 2.13. The molecule has 106 valence electrons. The minimum Gasteiger partial charge on any atom is -0.481 e. The van der Waals surface area contributed by atoms with Gasteiger partial charge in [-0.15, -0.1) is 0 Å². The molecule has 0 radical (unpaired) electrons. The van der Waals surface area contributed by atoms with E-state index in [0.29, 0.717) is 13.1 Å². The highest BCUT2D eigenvalue weighted by atomic mass is 16.5. The Bertz CT molecular complexity index is 592. The van der Waals surface area contributed by atoms with Gasteiger partial charge in [0, 0.05) is 18.3 Å². The third-order valence-corrected chi connectivity index (χ3v) is 3.08. The zero-order chi connectivity index (χ0) is 14.5. The lowest BCUT2D eigenvalue weighted by Crippen LogP contribution is -2.26. The van der Waals surface area contributed by atoms with E-state index in [1.165, 1.54) is 0 Å². The number of carbonyl (C=O) groups is 1. The van der Waals surface area contributed by atoms with Crippen LogP contribution in [0.25, 0.3) is 0 Å². The molecule has 2 rings (SSSR count). The molecule has 1 aromatic heterocycles. The maximum Gasteiger partial charge on any atom is 0.305 e. The molecule has 0 bridgehead atoms. The van der Waals surface area contributed by atoms with Crippen LogP contribution in [0.2, 0.25) is 0 Å². The number of nitrogens with zero attached hydrogens (tertiary/aromatic N) is 2. The Morgan fingerprint density at radius 3 is 2.70 bits per heavy atom. The summed E-state index contributed by atoms with van der Waals surface area (Å²) >= 11 is 0. The molecule has 0 spiro atoms. The van der Waals surface area contributed by atoms with E-state index in [1.54, 1.807) is 0 Å². The Kier molecular flexibility index (Phi) is 4.40. The predicted octanol–water partition coefficient (Wildman–Crippen LogP) is 2.77. The van der Waals surface area contributed by atoms with Gasteiger partial charge in [-0.05, 0) is 25.5 Å². The number of rotatable bonds is 6. The Morgan fingerprint density at radius 2 is 2.10 bits per heavy atom. The average Bonchev–Trinajstić information content (AvgIpc) is 2.81. The van der Waals surface area contributed by atoms with Crippen LogP contribution < -0.4 is 4.90 Å². The molecule has 5 heteroatoms. The Hall–Kier alpha value is -2.30. The number of carboxylic acid groups (broad SMARTS) is 1. The first kappa shape index (κ1) is 14.1. The topological polar surface area (TPSA) is 66.6 Å². The molecule has 5 nitrogen and oxygen atoms in total. The number of aryl methyl sites for hydroxylation is 2. The van der Waals surface area contributed by atoms with Crippen LogP contribution in [0.5, 0.6) is 0 Å². The molecule has 2 aromatic rings. The number of benzene rings is 1. The number of hydrogen-bond acceptors (Lipinski definition) is 4. The fraction of sp³-hybridized carbons (Fsp3) is 0.333. The number of para-hydroxylation sites is 1. The molecule has 0 amide bonds. The van der Waals surface area contributed by atoms with Gasteiger partial charge >= 0.3 is 5.97 Å². The lowest BCUT2D eigenvalue weighted by Gasteiger charge is -2.24. The van der Waals surface area contributed by atoms with Crippen molar-refractivity contribution in [3.63, 3.8) is 0 Å². The second-order valence-electron chi connectivity index (χ2n) is 4.79. The fourth-order valence-electron chi connectivity index (χ4n) is 2.11. The van der Waals surface area contributed by atoms with Crippen molar-refractivity contribution in [1.29, 1.82) is 0 Å². The fourth-order valence-corrected chi connectivity index (χ4v) is 2.11. The summed E-state index contributed by atoms with van der Waals surface area (Å²) in [5.41, 5.74) is 2.94. The minimum absolute atomic E-state index is 0.0848. The van der Waals surface area contributed by atoms with Crippen LogP contribution in [0.3, 0.4) is 0 Å². The van der Waals surface area contributed by atoms with E-state index in [4.69, 9.17) is 9.63 Å². The second-order valence-corrected chi connectivity index (χ2v) is 4.79. The first-order valence-corrected chi connectivity index (χ1v) is 6.51. The molecule has 0 saturated heterocycles. The molecule has 0 saturated carbocycles. The van der Waals surface area contributed by atoms with Crippen LogP contribution >= 0.6 is 0 Å². The summed E-state index contributed by atoms with van der Waals surface area (Å²) in [6, 6.07) is 9.77. The molecule has 0 unspecified atom stereocenters. The van der Waals surface area contributed by atoms with Gasteiger partial charge in [0.15, 0.2) is 5.76 Å². The van der Waals surface area contributed by atoms with Crippen molar-refractivity contribution in [2.75, 3.05) is 11.4 Å². The molecule has 1 aromatic carbocycles. The van der Waals surface area contributed by atoms with Gasteiger partial charge in [0.05, 0.1) is 18.7 Å². The number of carboxylic acids is 1. The smallest absolute Gasteiger partial charge is 0.305 e. The van der Waals surface area contributed by atoms with E-state index >= 15 is 0 Å². The first-order valence-electron chi connectivity index (χ1n) is 6.51. The van der Waals surface area contributed by atoms with Gasteiger partial charge in [-0.1, -0.05) is 23.4 Å². The van der Waals surface area contributed by atoms with Gasteiger partial charge in [-0.25, -0.2) is 0 Å². The van der Waals surface area contributed by atoms with E-state index in [1.807, 2.05) is 49.1 Å². The van der Waals surface area contributed by atoms with Crippen LogP contribution in [-0.4, -0.2) is 22.8 Å². The van der Waals surface area contributed by atoms with Crippen LogP contribution in [0.1, 0.15) is 23.4 Å². The van der Waals surface area contributed by atoms with Crippen LogP contribution in [0.4, 0.5) is 5.69 Å². The molecule has 1 N–H and O–H groups in total. The third kappa shape index (κ3) is 3.60. The van der Waals surface area contributed by atoms with E-state index in [2.05, 4.69) is 5.16 Å². The molecule has 0 atom stereocenters. The number of aromatic nitrogens is 1. The normalized spacial score (nSPS) is 10.5. The summed E-state index contributed by atoms with van der Waals surface area (Å²) in [4.78, 5) is 12.8. The van der Waals surface area contributed by atoms with Crippen LogP contribution in [0, 0.1) is 13.8 Å². The van der Waals surface area contributed by atoms with Crippen LogP contribution in [0.15, 0.2) is 34.9 Å². The summed E-state index contributed by atoms with van der Waals surface area (Å²) in [6.07, 6.45) is 0.0848. The first-order chi connectivity index (χ1) is 9.56. The molecular weight excluding hydrogens is 256 g/mol. The van der Waals surface area contributed by atoms with E-state index in [9.17, 15) is 4.79 Å². The van der Waals surface area contributed by atoms with Gasteiger partial charge in [-0.3, -0.25) is 4.79 Å². The van der Waals surface area contributed by atoms with Crippen LogP contribution in [-0.2, 0) is 11.3 Å². The van der Waals surface area contributed by atoms with Gasteiger partial charge in [0.1, 0.15) is 0 Å². The SMILES string of the molecule is Cc1cc(CN(CCC(=O)O)c2ccccc2C)on1. The predicted molar refractivity (Wildman–Crippen MR) is 75.7 cm³/mol. The Morgan fingerprint density at radius 1 is 1.35 bits per heavy atom. The molecule has 0 aliphatic rings. The van der Waals surface area contributed by atoms with Gasteiger partial charge in [-0.2, -0.15) is 0 Å². The third-order valence-electron chi connectivity index (χ3n) is 3.08. The van der Waals surface area contributed by atoms with E-state index in [-0.39, 0.29) is 6.42 Å². The Balaban J connectivity index is 2.20. The van der Waals surface area contributed by atoms with Gasteiger partial charge in [0.2, 0.25) is 0 Å². The highest BCUT2D eigenvalue weighted by Crippen LogP contribution is 2.22. The van der Waals surface area contributed by atoms with E-state index < -0.39 is 5.97 Å².